The quantitative estimate of drug-likeness (QED) is 0.0991. The lowest BCUT2D eigenvalue weighted by Gasteiger charge is -2.03. The summed E-state index contributed by atoms with van der Waals surface area (Å²) in [7, 11) is -1.00. The molecular weight excluding hydrogens is 666 g/mol. The number of halogens is 1. The lowest BCUT2D eigenvalue weighted by Crippen LogP contribution is -2.10. The van der Waals surface area contributed by atoms with Crippen LogP contribution in [0.3, 0.4) is 0 Å². The van der Waals surface area contributed by atoms with Gasteiger partial charge in [-0.25, -0.2) is 24.4 Å². The molecule has 0 radical (unpaired) electrons. The zero-order valence-electron chi connectivity index (χ0n) is 26.1. The van der Waals surface area contributed by atoms with Gasteiger partial charge in [0.1, 0.15) is 5.01 Å². The van der Waals surface area contributed by atoms with Gasteiger partial charge < -0.3 is 15.6 Å². The first kappa shape index (κ1) is 36.0. The van der Waals surface area contributed by atoms with Gasteiger partial charge in [0.05, 0.1) is 30.1 Å². The van der Waals surface area contributed by atoms with Gasteiger partial charge in [0.15, 0.2) is 10.9 Å². The topological polar surface area (TPSA) is 150 Å². The minimum Gasteiger partial charge on any atom is -0.478 e. The molecule has 1 aliphatic rings. The highest BCUT2D eigenvalue weighted by Crippen LogP contribution is 2.27. The van der Waals surface area contributed by atoms with Gasteiger partial charge in [-0.15, -0.1) is 11.3 Å². The number of cyclic esters (lactones) is 2. The molecule has 0 aliphatic carbocycles. The summed E-state index contributed by atoms with van der Waals surface area (Å²) in [5.74, 6) is -2.41. The Labute approximate surface area is 291 Å². The van der Waals surface area contributed by atoms with Crippen LogP contribution in [0, 0.1) is 0 Å². The van der Waals surface area contributed by atoms with E-state index in [0.29, 0.717) is 16.3 Å². The van der Waals surface area contributed by atoms with Crippen molar-refractivity contribution in [1.29, 1.82) is 0 Å². The molecule has 3 N–H and O–H groups in total. The number of carboxylic acids is 1. The molecule has 0 saturated heterocycles. The number of carboxylic acid groups (broad SMARTS) is 1. The number of alkyl halides is 1. The fraction of sp³-hybridized carbons (Fsp3) is 0.0811. The maximum Gasteiger partial charge on any atom is 0.346 e. The Hall–Kier alpha value is -5.85. The van der Waals surface area contributed by atoms with Gasteiger partial charge in [-0.3, -0.25) is 9.18 Å². The van der Waals surface area contributed by atoms with E-state index in [0.717, 1.165) is 20.3 Å². The highest BCUT2D eigenvalue weighted by Gasteiger charge is 2.28. The fourth-order valence-corrected chi connectivity index (χ4v) is 5.93. The third kappa shape index (κ3) is 10.1. The van der Waals surface area contributed by atoms with E-state index in [1.165, 1.54) is 34.3 Å². The summed E-state index contributed by atoms with van der Waals surface area (Å²) in [4.78, 5) is 55.5. The molecule has 3 heterocycles. The fourth-order valence-electron chi connectivity index (χ4n) is 4.33. The van der Waals surface area contributed by atoms with Crippen molar-refractivity contribution in [2.45, 2.75) is 13.8 Å². The van der Waals surface area contributed by atoms with Crippen LogP contribution in [-0.4, -0.2) is 45.9 Å². The molecule has 0 saturated carbocycles. The van der Waals surface area contributed by atoms with Crippen LogP contribution in [0.2, 0.25) is 0 Å². The monoisotopic (exact) mass is 698 g/mol. The van der Waals surface area contributed by atoms with Crippen molar-refractivity contribution in [3.8, 4) is 21.0 Å². The molecule has 1 aliphatic heterocycles. The van der Waals surface area contributed by atoms with Crippen LogP contribution in [0.15, 0.2) is 122 Å². The average molecular weight is 699 g/mol. The number of aromatic nitrogens is 2. The molecule has 4 aromatic carbocycles. The van der Waals surface area contributed by atoms with E-state index in [2.05, 4.69) is 14.7 Å². The standard InChI is InChI=1S/C18H13NO3S.C9H8N2S.C8H4O3.CH3F.CH4/c20-16(14-8-4-5-9-15(14)18(21)22)10-13-11-19-17(23-13)12-6-2-1-3-7-12;10-9-11-6-8(12-9)7-4-2-1-3-5-7;9-7-5-3-1-2-4-6(5)8(10)11-7;1-2;/h1-9,11H,10H2,(H,21,22);1-6H,(H2,10,11);1-4H;1H3;1H4/i;;;1D;. The number of nitrogens with two attached hydrogens (primary N) is 1. The first-order valence-electron chi connectivity index (χ1n) is 14.8. The van der Waals surface area contributed by atoms with E-state index in [1.807, 2.05) is 60.7 Å². The Morgan fingerprint density at radius 1 is 0.776 bits per heavy atom. The van der Waals surface area contributed by atoms with Crippen molar-refractivity contribution >= 4 is 51.5 Å². The van der Waals surface area contributed by atoms with E-state index in [4.69, 9.17) is 7.10 Å². The number of hydrogen-bond donors (Lipinski definition) is 2. The number of carbonyl (C=O) groups excluding carboxylic acids is 3. The van der Waals surface area contributed by atoms with Crippen molar-refractivity contribution in [3.63, 3.8) is 0 Å². The van der Waals surface area contributed by atoms with E-state index >= 15 is 0 Å². The van der Waals surface area contributed by atoms with Crippen molar-refractivity contribution in [1.82, 2.24) is 9.97 Å². The largest absolute Gasteiger partial charge is 0.478 e. The Balaban J connectivity index is 0.000000210. The third-order valence-electron chi connectivity index (χ3n) is 6.50. The molecule has 12 heteroatoms. The zero-order chi connectivity index (χ0) is 35.2. The van der Waals surface area contributed by atoms with Crippen molar-refractivity contribution < 1.29 is 34.8 Å². The Morgan fingerprint density at radius 2 is 1.29 bits per heavy atom. The van der Waals surface area contributed by atoms with E-state index in [1.54, 1.807) is 54.9 Å². The third-order valence-corrected chi connectivity index (χ3v) is 8.42. The van der Waals surface area contributed by atoms with Crippen molar-refractivity contribution in [2.24, 2.45) is 0 Å². The maximum atomic E-state index is 12.4. The first-order chi connectivity index (χ1) is 23.7. The van der Waals surface area contributed by atoms with Crippen LogP contribution >= 0.6 is 22.7 Å². The molecule has 6 aromatic rings. The number of hydrogen-bond acceptors (Lipinski definition) is 10. The number of rotatable bonds is 6. The molecular formula is C37H32FN3O6S2. The number of ketones is 1. The predicted octanol–water partition coefficient (Wildman–Crippen LogP) is 8.55. The van der Waals surface area contributed by atoms with Gasteiger partial charge >= 0.3 is 17.9 Å². The normalized spacial score (nSPS) is 11.0. The van der Waals surface area contributed by atoms with E-state index in [9.17, 15) is 28.7 Å². The molecule has 0 fully saturated rings. The second-order valence-corrected chi connectivity index (χ2v) is 11.8. The Bertz CT molecular complexity index is 2000. The lowest BCUT2D eigenvalue weighted by atomic mass is 10.0. The summed E-state index contributed by atoms with van der Waals surface area (Å²) in [6.07, 6.45) is 3.62. The maximum absolute atomic E-state index is 12.4. The van der Waals surface area contributed by atoms with Crippen LogP contribution in [0.25, 0.3) is 21.0 Å². The second-order valence-electron chi connectivity index (χ2n) is 9.60. The average Bonchev–Trinajstić information content (AvgIpc) is 3.85. The number of fused-ring (bicyclic) bond motifs is 1. The predicted molar refractivity (Wildman–Crippen MR) is 191 cm³/mol. The summed E-state index contributed by atoms with van der Waals surface area (Å²) < 4.78 is 19.9. The van der Waals surface area contributed by atoms with Gasteiger partial charge in [-0.2, -0.15) is 0 Å². The van der Waals surface area contributed by atoms with Gasteiger partial charge in [0.25, 0.3) is 0 Å². The number of Topliss-reactive ketones (excluding diaryl/α,β-unsaturated/α-hetero) is 1. The number of esters is 2. The second kappa shape index (κ2) is 18.5. The van der Waals surface area contributed by atoms with Gasteiger partial charge in [-0.1, -0.05) is 110 Å². The minimum absolute atomic E-state index is 0. The molecule has 0 amide bonds. The van der Waals surface area contributed by atoms with Crippen LogP contribution in [0.5, 0.6) is 0 Å². The summed E-state index contributed by atoms with van der Waals surface area (Å²) in [5.41, 5.74) is 8.68. The number of thiazole rings is 2. The highest BCUT2D eigenvalue weighted by atomic mass is 32.1. The Morgan fingerprint density at radius 3 is 1.82 bits per heavy atom. The lowest BCUT2D eigenvalue weighted by molar-refractivity contribution is 0.0442. The molecule has 49 heavy (non-hydrogen) atoms. The number of anilines is 1. The Kier molecular flexibility index (Phi) is 13.6. The van der Waals surface area contributed by atoms with E-state index < -0.39 is 25.1 Å². The van der Waals surface area contributed by atoms with Crippen molar-refractivity contribution in [2.75, 3.05) is 12.9 Å². The van der Waals surface area contributed by atoms with Crippen LogP contribution in [-0.2, 0) is 11.2 Å². The zero-order valence-corrected chi connectivity index (χ0v) is 26.7. The van der Waals surface area contributed by atoms with E-state index in [-0.39, 0.29) is 30.8 Å². The summed E-state index contributed by atoms with van der Waals surface area (Å²) in [6.45, 7) is 0. The van der Waals surface area contributed by atoms with Gasteiger partial charge in [0.2, 0.25) is 0 Å². The minimum atomic E-state index is -1.09. The van der Waals surface area contributed by atoms with Gasteiger partial charge in [0, 0.05) is 34.8 Å². The molecule has 9 nitrogen and oxygen atoms in total. The summed E-state index contributed by atoms with van der Waals surface area (Å²) in [6, 6.07) is 32.6. The first-order valence-corrected chi connectivity index (χ1v) is 15.7. The van der Waals surface area contributed by atoms with Crippen molar-refractivity contribution in [3.05, 3.63) is 149 Å². The molecule has 2 aromatic heterocycles. The number of aromatic carboxylic acids is 1. The molecule has 0 atom stereocenters. The summed E-state index contributed by atoms with van der Waals surface area (Å²) >= 11 is 2.95. The number of benzene rings is 4. The number of carbonyl (C=O) groups is 4. The molecule has 0 bridgehead atoms. The molecule has 0 unspecified atom stereocenters. The van der Waals surface area contributed by atoms with Crippen LogP contribution in [0.4, 0.5) is 9.52 Å². The smallest absolute Gasteiger partial charge is 0.346 e. The molecule has 7 rings (SSSR count). The number of ether oxygens (including phenoxy) is 1. The highest BCUT2D eigenvalue weighted by molar-refractivity contribution is 7.18. The van der Waals surface area contributed by atoms with Crippen LogP contribution < -0.4 is 5.73 Å². The van der Waals surface area contributed by atoms with Crippen LogP contribution in [0.1, 0.15) is 55.1 Å². The molecule has 250 valence electrons. The SMILES string of the molecule is C.Nc1ncc(-c2ccccc2)s1.O=C(O)c1ccccc1C(=O)Cc1cnc(-c2ccccc2)s1.O=C1OC(=O)c2ccccc21.[2H]CF. The summed E-state index contributed by atoms with van der Waals surface area (Å²) in [5, 5.41) is 10.6. The number of nitrogens with zero attached hydrogens (tertiary/aromatic N) is 2. The van der Waals surface area contributed by atoms with Gasteiger partial charge in [-0.05, 0) is 23.8 Å². The number of nitrogen functional groups attached to an aromatic ring is 1. The molecule has 0 spiro atoms.